The number of hydrogen-bond acceptors (Lipinski definition) is 2. The van der Waals surface area contributed by atoms with Crippen molar-refractivity contribution in [3.63, 3.8) is 0 Å². The van der Waals surface area contributed by atoms with E-state index in [1.54, 1.807) is 0 Å². The summed E-state index contributed by atoms with van der Waals surface area (Å²) in [6.07, 6.45) is 4.04. The number of hydrogen-bond donors (Lipinski definition) is 0. The van der Waals surface area contributed by atoms with Crippen molar-refractivity contribution < 1.29 is 0 Å². The van der Waals surface area contributed by atoms with E-state index in [1.807, 2.05) is 6.20 Å². The van der Waals surface area contributed by atoms with Crippen molar-refractivity contribution in [2.24, 2.45) is 5.41 Å². The highest BCUT2D eigenvalue weighted by Gasteiger charge is 2.16. The van der Waals surface area contributed by atoms with Gasteiger partial charge in [-0.25, -0.2) is 0 Å². The van der Waals surface area contributed by atoms with E-state index >= 15 is 0 Å². The Labute approximate surface area is 99.5 Å². The smallest absolute Gasteiger partial charge is 0.0634 e. The summed E-state index contributed by atoms with van der Waals surface area (Å²) in [6.45, 7) is 13.4. The van der Waals surface area contributed by atoms with Gasteiger partial charge in [-0.15, -0.1) is 0 Å². The van der Waals surface area contributed by atoms with Crippen LogP contribution in [0.1, 0.15) is 59.2 Å². The summed E-state index contributed by atoms with van der Waals surface area (Å²) >= 11 is 0. The number of aryl methyl sites for hydroxylation is 1. The first-order valence-electron chi connectivity index (χ1n) is 6.00. The first-order chi connectivity index (χ1) is 7.18. The predicted molar refractivity (Wildman–Crippen MR) is 68.5 cm³/mol. The molecule has 0 atom stereocenters. The lowest BCUT2D eigenvalue weighted by Crippen LogP contribution is -2.13. The summed E-state index contributed by atoms with van der Waals surface area (Å²) < 4.78 is 0. The maximum Gasteiger partial charge on any atom is 0.0634 e. The lowest BCUT2D eigenvalue weighted by atomic mass is 9.86. The van der Waals surface area contributed by atoms with E-state index < -0.39 is 0 Å². The van der Waals surface area contributed by atoms with Gasteiger partial charge < -0.3 is 0 Å². The van der Waals surface area contributed by atoms with Gasteiger partial charge in [-0.2, -0.15) is 10.2 Å². The van der Waals surface area contributed by atoms with Crippen LogP contribution in [0.15, 0.2) is 12.3 Å². The monoisotopic (exact) mass is 220 g/mol. The number of nitrogens with zero attached hydrogens (tertiary/aromatic N) is 2. The maximum atomic E-state index is 4.21. The molecule has 2 heteroatoms. The first-order valence-corrected chi connectivity index (χ1v) is 6.00. The fourth-order valence-electron chi connectivity index (χ4n) is 1.45. The standard InChI is InChI=1S/C14H24N2/c1-13(2,3)8-7-12-9-11(10-15-16-12)14(4,5)6/h9-10H,7-8H2,1-6H3. The molecule has 16 heavy (non-hydrogen) atoms. The highest BCUT2D eigenvalue weighted by molar-refractivity contribution is 5.20. The second kappa shape index (κ2) is 4.52. The zero-order chi connectivity index (χ0) is 12.4. The highest BCUT2D eigenvalue weighted by Crippen LogP contribution is 2.24. The van der Waals surface area contributed by atoms with E-state index in [1.165, 1.54) is 5.56 Å². The summed E-state index contributed by atoms with van der Waals surface area (Å²) in [5.74, 6) is 0. The molecule has 0 spiro atoms. The van der Waals surface area contributed by atoms with Gasteiger partial charge in [0.15, 0.2) is 0 Å². The molecule has 2 nitrogen and oxygen atoms in total. The van der Waals surface area contributed by atoms with Crippen molar-refractivity contribution >= 4 is 0 Å². The van der Waals surface area contributed by atoms with Crippen LogP contribution in [0.25, 0.3) is 0 Å². The molecule has 1 aromatic heterocycles. The molecule has 0 saturated heterocycles. The molecule has 0 bridgehead atoms. The molecule has 1 aromatic rings. The second-order valence-electron chi connectivity index (χ2n) is 6.75. The third-order valence-corrected chi connectivity index (χ3v) is 2.70. The fraction of sp³-hybridized carbons (Fsp3) is 0.714. The molecular formula is C14H24N2. The fourth-order valence-corrected chi connectivity index (χ4v) is 1.45. The van der Waals surface area contributed by atoms with Gasteiger partial charge in [-0.1, -0.05) is 41.5 Å². The number of rotatable bonds is 2. The van der Waals surface area contributed by atoms with Gasteiger partial charge in [-0.05, 0) is 35.3 Å². The molecule has 1 rings (SSSR count). The van der Waals surface area contributed by atoms with Crippen LogP contribution in [0.3, 0.4) is 0 Å². The van der Waals surface area contributed by atoms with Crippen LogP contribution >= 0.6 is 0 Å². The Kier molecular flexibility index (Phi) is 3.72. The van der Waals surface area contributed by atoms with Crippen LogP contribution < -0.4 is 0 Å². The van der Waals surface area contributed by atoms with E-state index in [0.29, 0.717) is 5.41 Å². The molecule has 0 fully saturated rings. The van der Waals surface area contributed by atoms with E-state index in [9.17, 15) is 0 Å². The molecule has 0 aromatic carbocycles. The van der Waals surface area contributed by atoms with Crippen molar-refractivity contribution in [2.75, 3.05) is 0 Å². The first kappa shape index (κ1) is 13.1. The average molecular weight is 220 g/mol. The molecule has 1 heterocycles. The lowest BCUT2D eigenvalue weighted by molar-refractivity contribution is 0.375. The topological polar surface area (TPSA) is 25.8 Å². The molecule has 0 aliphatic carbocycles. The molecule has 0 saturated carbocycles. The third-order valence-electron chi connectivity index (χ3n) is 2.70. The minimum atomic E-state index is 0.159. The largest absolute Gasteiger partial charge is 0.159 e. The Morgan fingerprint density at radius 3 is 2.19 bits per heavy atom. The SMILES string of the molecule is CC(C)(C)CCc1cc(C(C)(C)C)cnn1. The average Bonchev–Trinajstić information content (AvgIpc) is 2.13. The molecule has 0 aliphatic heterocycles. The van der Waals surface area contributed by atoms with Gasteiger partial charge >= 0.3 is 0 Å². The second-order valence-corrected chi connectivity index (χ2v) is 6.75. The third kappa shape index (κ3) is 4.30. The van der Waals surface area contributed by atoms with Gasteiger partial charge in [0.25, 0.3) is 0 Å². The molecule has 0 radical (unpaired) electrons. The summed E-state index contributed by atoms with van der Waals surface area (Å²) in [5, 5.41) is 8.31. The van der Waals surface area contributed by atoms with Gasteiger partial charge in [-0.3, -0.25) is 0 Å². The zero-order valence-corrected chi connectivity index (χ0v) is 11.5. The summed E-state index contributed by atoms with van der Waals surface area (Å²) in [4.78, 5) is 0. The maximum absolute atomic E-state index is 4.21. The van der Waals surface area contributed by atoms with E-state index in [-0.39, 0.29) is 5.41 Å². The summed E-state index contributed by atoms with van der Waals surface area (Å²) in [5.41, 5.74) is 2.90. The van der Waals surface area contributed by atoms with E-state index in [4.69, 9.17) is 0 Å². The Balaban J connectivity index is 2.76. The normalized spacial score (nSPS) is 12.9. The van der Waals surface area contributed by atoms with Gasteiger partial charge in [0, 0.05) is 0 Å². The van der Waals surface area contributed by atoms with Gasteiger partial charge in [0.05, 0.1) is 11.9 Å². The molecule has 0 aliphatic rings. The molecule has 0 unspecified atom stereocenters. The van der Waals surface area contributed by atoms with Crippen molar-refractivity contribution in [1.29, 1.82) is 0 Å². The van der Waals surface area contributed by atoms with Crippen LogP contribution in [-0.2, 0) is 11.8 Å². The van der Waals surface area contributed by atoms with Crippen LogP contribution in [0, 0.1) is 5.41 Å². The van der Waals surface area contributed by atoms with Crippen LogP contribution in [-0.4, -0.2) is 10.2 Å². The van der Waals surface area contributed by atoms with E-state index in [0.717, 1.165) is 18.5 Å². The zero-order valence-electron chi connectivity index (χ0n) is 11.5. The van der Waals surface area contributed by atoms with Crippen LogP contribution in [0.5, 0.6) is 0 Å². The summed E-state index contributed by atoms with van der Waals surface area (Å²) in [7, 11) is 0. The highest BCUT2D eigenvalue weighted by atomic mass is 15.1. The van der Waals surface area contributed by atoms with Crippen molar-refractivity contribution in [3.05, 3.63) is 23.5 Å². The van der Waals surface area contributed by atoms with Crippen molar-refractivity contribution in [1.82, 2.24) is 10.2 Å². The van der Waals surface area contributed by atoms with Crippen molar-refractivity contribution in [2.45, 2.75) is 59.8 Å². The van der Waals surface area contributed by atoms with Crippen LogP contribution in [0.4, 0.5) is 0 Å². The Morgan fingerprint density at radius 2 is 1.69 bits per heavy atom. The molecule has 0 N–H and O–H groups in total. The minimum Gasteiger partial charge on any atom is -0.159 e. The van der Waals surface area contributed by atoms with Gasteiger partial charge in [0.1, 0.15) is 0 Å². The minimum absolute atomic E-state index is 0.159. The Morgan fingerprint density at radius 1 is 1.06 bits per heavy atom. The number of aromatic nitrogens is 2. The molecule has 90 valence electrons. The lowest BCUT2D eigenvalue weighted by Gasteiger charge is -2.20. The van der Waals surface area contributed by atoms with Crippen LogP contribution in [0.2, 0.25) is 0 Å². The Bertz CT molecular complexity index is 342. The summed E-state index contributed by atoms with van der Waals surface area (Å²) in [6, 6.07) is 2.19. The molecular weight excluding hydrogens is 196 g/mol. The van der Waals surface area contributed by atoms with Gasteiger partial charge in [0.2, 0.25) is 0 Å². The molecule has 0 amide bonds. The van der Waals surface area contributed by atoms with E-state index in [2.05, 4.69) is 57.8 Å². The predicted octanol–water partition coefficient (Wildman–Crippen LogP) is 3.75. The van der Waals surface area contributed by atoms with Crippen molar-refractivity contribution in [3.8, 4) is 0 Å². The Hall–Kier alpha value is -0.920. The quantitative estimate of drug-likeness (QED) is 0.758.